The van der Waals surface area contributed by atoms with Gasteiger partial charge in [-0.25, -0.2) is 0 Å². The van der Waals surface area contributed by atoms with E-state index in [0.29, 0.717) is 29.9 Å². The van der Waals surface area contributed by atoms with E-state index in [-0.39, 0.29) is 23.6 Å². The molecule has 0 aliphatic carbocycles. The maximum Gasteiger partial charge on any atom is 0.254 e. The van der Waals surface area contributed by atoms with E-state index in [9.17, 15) is 19.2 Å². The highest BCUT2D eigenvalue weighted by Gasteiger charge is 2.21. The first-order valence-corrected chi connectivity index (χ1v) is 8.07. The van der Waals surface area contributed by atoms with E-state index in [2.05, 4.69) is 17.6 Å². The van der Waals surface area contributed by atoms with Crippen LogP contribution >= 0.6 is 0 Å². The highest BCUT2D eigenvalue weighted by Crippen LogP contribution is 2.20. The van der Waals surface area contributed by atoms with Crippen LogP contribution in [0.15, 0.2) is 23.3 Å². The fourth-order valence-corrected chi connectivity index (χ4v) is 2.81. The lowest BCUT2D eigenvalue weighted by Crippen LogP contribution is -2.22. The lowest BCUT2D eigenvalue weighted by Gasteiger charge is -2.11. The molecular weight excluding hydrogens is 296 g/mol. The van der Waals surface area contributed by atoms with Crippen molar-refractivity contribution in [2.75, 3.05) is 0 Å². The normalized spacial score (nSPS) is 18.7. The largest absolute Gasteiger partial charge is 0.289 e. The maximum absolute atomic E-state index is 11.4. The smallest absolute Gasteiger partial charge is 0.254 e. The number of unbranched alkanes of at least 4 members (excludes halogenated alkanes) is 2. The van der Waals surface area contributed by atoms with Crippen LogP contribution in [0.1, 0.15) is 51.9 Å². The van der Waals surface area contributed by atoms with Gasteiger partial charge in [-0.05, 0) is 31.6 Å². The molecule has 2 aliphatic rings. The Morgan fingerprint density at radius 3 is 1.87 bits per heavy atom. The molecule has 1 unspecified atom stereocenters. The number of hydrogen-bond donors (Lipinski definition) is 2. The molecule has 2 N–H and O–H groups in total. The van der Waals surface area contributed by atoms with Crippen LogP contribution in [0.4, 0.5) is 0 Å². The number of carbonyl (C=O) groups excluding carboxylic acids is 4. The Kier molecular flexibility index (Phi) is 5.84. The van der Waals surface area contributed by atoms with Crippen LogP contribution in [0, 0.1) is 5.92 Å². The first kappa shape index (κ1) is 17.1. The highest BCUT2D eigenvalue weighted by atomic mass is 16.2. The van der Waals surface area contributed by atoms with Gasteiger partial charge in [-0.2, -0.15) is 0 Å². The molecule has 6 heteroatoms. The van der Waals surface area contributed by atoms with Crippen molar-refractivity contribution in [2.45, 2.75) is 51.9 Å². The molecule has 124 valence electrons. The second-order valence-electron chi connectivity index (χ2n) is 6.22. The van der Waals surface area contributed by atoms with Crippen LogP contribution in [-0.2, 0) is 19.2 Å². The first-order chi connectivity index (χ1) is 11.0. The minimum atomic E-state index is -0.318. The van der Waals surface area contributed by atoms with Gasteiger partial charge < -0.3 is 0 Å². The van der Waals surface area contributed by atoms with Gasteiger partial charge in [0.05, 0.1) is 0 Å². The van der Waals surface area contributed by atoms with Gasteiger partial charge in [0.15, 0.2) is 0 Å². The summed E-state index contributed by atoms with van der Waals surface area (Å²) in [4.78, 5) is 44.8. The molecule has 2 rings (SSSR count). The topological polar surface area (TPSA) is 92.3 Å². The molecule has 0 aromatic carbocycles. The molecule has 0 bridgehead atoms. The number of imide groups is 2. The Bertz CT molecular complexity index is 589. The van der Waals surface area contributed by atoms with E-state index in [1.165, 1.54) is 12.2 Å². The zero-order valence-corrected chi connectivity index (χ0v) is 13.3. The standard InChI is InChI=1S/C17H22N2O4/c1-11(7-8-13-10-15(21)19-17(13)23)5-3-2-4-6-12-9-14(20)18-16(12)22/h9-11H,2-8H2,1H3,(H,18,20,22)(H,19,21,23). The molecule has 0 fully saturated rings. The van der Waals surface area contributed by atoms with Gasteiger partial charge in [-0.1, -0.05) is 26.2 Å². The van der Waals surface area contributed by atoms with Gasteiger partial charge in [0.2, 0.25) is 0 Å². The summed E-state index contributed by atoms with van der Waals surface area (Å²) in [6.07, 6.45) is 8.92. The van der Waals surface area contributed by atoms with Crippen LogP contribution in [0.5, 0.6) is 0 Å². The zero-order chi connectivity index (χ0) is 16.8. The highest BCUT2D eigenvalue weighted by molar-refractivity contribution is 6.16. The molecule has 6 nitrogen and oxygen atoms in total. The van der Waals surface area contributed by atoms with Crippen LogP contribution in [0.2, 0.25) is 0 Å². The van der Waals surface area contributed by atoms with Crippen molar-refractivity contribution >= 4 is 23.6 Å². The van der Waals surface area contributed by atoms with E-state index >= 15 is 0 Å². The third-order valence-electron chi connectivity index (χ3n) is 4.22. The summed E-state index contributed by atoms with van der Waals surface area (Å²) in [5.74, 6) is -0.681. The van der Waals surface area contributed by atoms with Crippen LogP contribution in [-0.4, -0.2) is 23.6 Å². The van der Waals surface area contributed by atoms with Crippen molar-refractivity contribution in [1.82, 2.24) is 10.6 Å². The second kappa shape index (κ2) is 7.85. The number of nitrogens with one attached hydrogen (secondary N) is 2. The van der Waals surface area contributed by atoms with E-state index in [0.717, 1.165) is 32.1 Å². The number of amides is 4. The molecule has 0 spiro atoms. The average molecular weight is 318 g/mol. The summed E-state index contributed by atoms with van der Waals surface area (Å²) >= 11 is 0. The third kappa shape index (κ3) is 5.16. The molecule has 4 amide bonds. The van der Waals surface area contributed by atoms with E-state index < -0.39 is 0 Å². The SMILES string of the molecule is CC(CCCCCC1=CC(=O)NC1=O)CCC1=CC(=O)NC1=O. The average Bonchev–Trinajstić information content (AvgIpc) is 2.97. The van der Waals surface area contributed by atoms with Gasteiger partial charge in [0, 0.05) is 23.3 Å². The first-order valence-electron chi connectivity index (χ1n) is 8.07. The van der Waals surface area contributed by atoms with Crippen LogP contribution < -0.4 is 10.6 Å². The summed E-state index contributed by atoms with van der Waals surface area (Å²) in [5, 5.41) is 4.50. The van der Waals surface area contributed by atoms with E-state index in [4.69, 9.17) is 0 Å². The summed E-state index contributed by atoms with van der Waals surface area (Å²) < 4.78 is 0. The monoisotopic (exact) mass is 318 g/mol. The van der Waals surface area contributed by atoms with E-state index in [1.807, 2.05) is 0 Å². The molecule has 23 heavy (non-hydrogen) atoms. The van der Waals surface area contributed by atoms with Crippen molar-refractivity contribution in [2.24, 2.45) is 5.92 Å². The second-order valence-corrected chi connectivity index (χ2v) is 6.22. The molecule has 0 saturated carbocycles. The molecule has 0 saturated heterocycles. The number of carbonyl (C=O) groups is 4. The molecule has 2 aliphatic heterocycles. The van der Waals surface area contributed by atoms with Crippen molar-refractivity contribution in [3.8, 4) is 0 Å². The van der Waals surface area contributed by atoms with Gasteiger partial charge in [-0.15, -0.1) is 0 Å². The third-order valence-corrected chi connectivity index (χ3v) is 4.22. The maximum atomic E-state index is 11.4. The summed E-state index contributed by atoms with van der Waals surface area (Å²) in [5.41, 5.74) is 1.15. The summed E-state index contributed by atoms with van der Waals surface area (Å²) in [7, 11) is 0. The quantitative estimate of drug-likeness (QED) is 0.498. The van der Waals surface area contributed by atoms with Crippen molar-refractivity contribution in [3.05, 3.63) is 23.3 Å². The van der Waals surface area contributed by atoms with Crippen LogP contribution in [0.3, 0.4) is 0 Å². The van der Waals surface area contributed by atoms with Crippen molar-refractivity contribution in [1.29, 1.82) is 0 Å². The fraction of sp³-hybridized carbons (Fsp3) is 0.529. The number of rotatable bonds is 9. The van der Waals surface area contributed by atoms with Gasteiger partial charge in [0.25, 0.3) is 23.6 Å². The fourth-order valence-electron chi connectivity index (χ4n) is 2.81. The predicted molar refractivity (Wildman–Crippen MR) is 83.9 cm³/mol. The lowest BCUT2D eigenvalue weighted by molar-refractivity contribution is -0.125. The van der Waals surface area contributed by atoms with Crippen molar-refractivity contribution in [3.63, 3.8) is 0 Å². The Labute approximate surface area is 135 Å². The summed E-state index contributed by atoms with van der Waals surface area (Å²) in [6, 6.07) is 0. The number of hydrogen-bond acceptors (Lipinski definition) is 4. The van der Waals surface area contributed by atoms with Crippen LogP contribution in [0.25, 0.3) is 0 Å². The zero-order valence-electron chi connectivity index (χ0n) is 13.3. The minimum absolute atomic E-state index is 0.263. The Hall–Kier alpha value is -2.24. The Balaban J connectivity index is 1.56. The predicted octanol–water partition coefficient (Wildman–Crippen LogP) is 1.52. The molecule has 0 radical (unpaired) electrons. The molecule has 1 atom stereocenters. The molecule has 0 aromatic rings. The Morgan fingerprint density at radius 1 is 0.783 bits per heavy atom. The van der Waals surface area contributed by atoms with Gasteiger partial charge in [-0.3, -0.25) is 29.8 Å². The van der Waals surface area contributed by atoms with Gasteiger partial charge in [0.1, 0.15) is 0 Å². The molecule has 0 aromatic heterocycles. The minimum Gasteiger partial charge on any atom is -0.289 e. The molecular formula is C17H22N2O4. The van der Waals surface area contributed by atoms with Gasteiger partial charge >= 0.3 is 0 Å². The van der Waals surface area contributed by atoms with E-state index in [1.54, 1.807) is 0 Å². The Morgan fingerprint density at radius 2 is 1.35 bits per heavy atom. The lowest BCUT2D eigenvalue weighted by atomic mass is 9.95. The van der Waals surface area contributed by atoms with Crippen molar-refractivity contribution < 1.29 is 19.2 Å². The summed E-state index contributed by atoms with van der Waals surface area (Å²) in [6.45, 7) is 2.14. The molecule has 2 heterocycles.